The van der Waals surface area contributed by atoms with Gasteiger partial charge in [0.1, 0.15) is 5.82 Å². The molecule has 5 heteroatoms. The van der Waals surface area contributed by atoms with E-state index >= 15 is 0 Å². The van der Waals surface area contributed by atoms with E-state index in [0.29, 0.717) is 15.6 Å². The second kappa shape index (κ2) is 6.25. The fourth-order valence-electron chi connectivity index (χ4n) is 1.78. The summed E-state index contributed by atoms with van der Waals surface area (Å²) in [7, 11) is 0. The largest absolute Gasteiger partial charge is 0.345 e. The molecule has 2 rings (SSSR count). The molecule has 1 N–H and O–H groups in total. The SMILES string of the molecule is C[C@H](NC(=O)c1cc(Cl)ccc1Cl)c1ccc(F)cc1. The van der Waals surface area contributed by atoms with Gasteiger partial charge in [0.05, 0.1) is 16.6 Å². The lowest BCUT2D eigenvalue weighted by Crippen LogP contribution is -2.26. The van der Waals surface area contributed by atoms with Gasteiger partial charge in [-0.1, -0.05) is 35.3 Å². The van der Waals surface area contributed by atoms with E-state index in [0.717, 1.165) is 5.56 Å². The van der Waals surface area contributed by atoms with Gasteiger partial charge in [0.15, 0.2) is 0 Å². The molecule has 0 saturated carbocycles. The van der Waals surface area contributed by atoms with Crippen LogP contribution in [0.2, 0.25) is 10.0 Å². The smallest absolute Gasteiger partial charge is 0.253 e. The normalized spacial score (nSPS) is 12.0. The lowest BCUT2D eigenvalue weighted by Gasteiger charge is -2.15. The number of amides is 1. The van der Waals surface area contributed by atoms with Crippen molar-refractivity contribution < 1.29 is 9.18 Å². The van der Waals surface area contributed by atoms with Gasteiger partial charge in [0, 0.05) is 5.02 Å². The fourth-order valence-corrected chi connectivity index (χ4v) is 2.16. The number of hydrogen-bond donors (Lipinski definition) is 1. The van der Waals surface area contributed by atoms with Crippen molar-refractivity contribution in [1.29, 1.82) is 0 Å². The van der Waals surface area contributed by atoms with Crippen molar-refractivity contribution in [2.45, 2.75) is 13.0 Å². The van der Waals surface area contributed by atoms with Crippen LogP contribution >= 0.6 is 23.2 Å². The molecule has 0 aromatic heterocycles. The Bertz CT molecular complexity index is 628. The molecule has 0 radical (unpaired) electrons. The van der Waals surface area contributed by atoms with Crippen molar-refractivity contribution in [3.8, 4) is 0 Å². The number of nitrogens with one attached hydrogen (secondary N) is 1. The van der Waals surface area contributed by atoms with Crippen LogP contribution in [0.1, 0.15) is 28.9 Å². The van der Waals surface area contributed by atoms with Crippen LogP contribution in [0.4, 0.5) is 4.39 Å². The third-order valence-electron chi connectivity index (χ3n) is 2.89. The molecule has 0 heterocycles. The van der Waals surface area contributed by atoms with E-state index in [2.05, 4.69) is 5.32 Å². The van der Waals surface area contributed by atoms with Crippen LogP contribution in [-0.2, 0) is 0 Å². The highest BCUT2D eigenvalue weighted by Gasteiger charge is 2.14. The van der Waals surface area contributed by atoms with Crippen LogP contribution in [0.3, 0.4) is 0 Å². The highest BCUT2D eigenvalue weighted by atomic mass is 35.5. The summed E-state index contributed by atoms with van der Waals surface area (Å²) in [6.07, 6.45) is 0. The van der Waals surface area contributed by atoms with Gasteiger partial charge < -0.3 is 5.32 Å². The first-order chi connectivity index (χ1) is 9.47. The maximum Gasteiger partial charge on any atom is 0.253 e. The monoisotopic (exact) mass is 311 g/mol. The highest BCUT2D eigenvalue weighted by molar-refractivity contribution is 6.35. The van der Waals surface area contributed by atoms with Crippen molar-refractivity contribution in [2.75, 3.05) is 0 Å². The second-order valence-electron chi connectivity index (χ2n) is 4.37. The maximum atomic E-state index is 12.9. The zero-order chi connectivity index (χ0) is 14.7. The Morgan fingerprint density at radius 3 is 2.45 bits per heavy atom. The summed E-state index contributed by atoms with van der Waals surface area (Å²) in [6.45, 7) is 1.81. The summed E-state index contributed by atoms with van der Waals surface area (Å²) in [5, 5.41) is 3.57. The second-order valence-corrected chi connectivity index (χ2v) is 5.21. The van der Waals surface area contributed by atoms with Crippen LogP contribution in [0.15, 0.2) is 42.5 Å². The average Bonchev–Trinajstić information content (AvgIpc) is 2.42. The summed E-state index contributed by atoms with van der Waals surface area (Å²) < 4.78 is 12.9. The van der Waals surface area contributed by atoms with Crippen LogP contribution in [0.25, 0.3) is 0 Å². The van der Waals surface area contributed by atoms with E-state index in [9.17, 15) is 9.18 Å². The minimum Gasteiger partial charge on any atom is -0.345 e. The Hall–Kier alpha value is -1.58. The Balaban J connectivity index is 2.15. The molecule has 0 aliphatic rings. The lowest BCUT2D eigenvalue weighted by atomic mass is 10.1. The minimum atomic E-state index is -0.325. The lowest BCUT2D eigenvalue weighted by molar-refractivity contribution is 0.0940. The predicted molar refractivity (Wildman–Crippen MR) is 78.7 cm³/mol. The molecule has 0 bridgehead atoms. The van der Waals surface area contributed by atoms with Crippen LogP contribution in [0.5, 0.6) is 0 Å². The molecule has 2 nitrogen and oxygen atoms in total. The van der Waals surface area contributed by atoms with Crippen molar-refractivity contribution in [3.63, 3.8) is 0 Å². The van der Waals surface area contributed by atoms with E-state index in [1.807, 2.05) is 6.92 Å². The topological polar surface area (TPSA) is 29.1 Å². The van der Waals surface area contributed by atoms with Gasteiger partial charge in [-0.15, -0.1) is 0 Å². The summed E-state index contributed by atoms with van der Waals surface area (Å²) in [4.78, 5) is 12.1. The van der Waals surface area contributed by atoms with Gasteiger partial charge in [0.2, 0.25) is 0 Å². The molecule has 104 valence electrons. The highest BCUT2D eigenvalue weighted by Crippen LogP contribution is 2.22. The predicted octanol–water partition coefficient (Wildman–Crippen LogP) is 4.62. The number of hydrogen-bond acceptors (Lipinski definition) is 1. The van der Waals surface area contributed by atoms with Crippen LogP contribution in [0, 0.1) is 5.82 Å². The standard InChI is InChI=1S/C15H12Cl2FNO/c1-9(10-2-5-12(18)6-3-10)19-15(20)13-8-11(16)4-7-14(13)17/h2-9H,1H3,(H,19,20)/t9-/m0/s1. The third kappa shape index (κ3) is 3.50. The van der Waals surface area contributed by atoms with E-state index < -0.39 is 0 Å². The van der Waals surface area contributed by atoms with E-state index in [1.54, 1.807) is 24.3 Å². The summed E-state index contributed by atoms with van der Waals surface area (Å²) in [5.41, 5.74) is 1.12. The summed E-state index contributed by atoms with van der Waals surface area (Å²) in [5.74, 6) is -0.639. The Morgan fingerprint density at radius 2 is 1.80 bits per heavy atom. The van der Waals surface area contributed by atoms with E-state index in [1.165, 1.54) is 18.2 Å². The molecule has 2 aromatic carbocycles. The van der Waals surface area contributed by atoms with E-state index in [-0.39, 0.29) is 17.8 Å². The molecule has 0 aliphatic heterocycles. The molecule has 0 unspecified atom stereocenters. The fraction of sp³-hybridized carbons (Fsp3) is 0.133. The van der Waals surface area contributed by atoms with Crippen LogP contribution < -0.4 is 5.32 Å². The van der Waals surface area contributed by atoms with Gasteiger partial charge in [0.25, 0.3) is 5.91 Å². The first-order valence-electron chi connectivity index (χ1n) is 5.99. The quantitative estimate of drug-likeness (QED) is 0.880. The molecular weight excluding hydrogens is 300 g/mol. The van der Waals surface area contributed by atoms with Crippen molar-refractivity contribution in [2.24, 2.45) is 0 Å². The molecule has 0 saturated heterocycles. The molecule has 0 aliphatic carbocycles. The number of halogens is 3. The van der Waals surface area contributed by atoms with Gasteiger partial charge in [-0.25, -0.2) is 4.39 Å². The number of carbonyl (C=O) groups excluding carboxylic acids is 1. The average molecular weight is 312 g/mol. The Morgan fingerprint density at radius 1 is 1.15 bits per heavy atom. The summed E-state index contributed by atoms with van der Waals surface area (Å²) >= 11 is 11.8. The molecule has 20 heavy (non-hydrogen) atoms. The Kier molecular flexibility index (Phi) is 4.63. The first-order valence-corrected chi connectivity index (χ1v) is 6.74. The van der Waals surface area contributed by atoms with Crippen molar-refractivity contribution >= 4 is 29.1 Å². The molecule has 2 aromatic rings. The molecule has 1 atom stereocenters. The van der Waals surface area contributed by atoms with Crippen LogP contribution in [-0.4, -0.2) is 5.91 Å². The number of carbonyl (C=O) groups is 1. The number of rotatable bonds is 3. The van der Waals surface area contributed by atoms with E-state index in [4.69, 9.17) is 23.2 Å². The zero-order valence-corrected chi connectivity index (χ0v) is 12.2. The number of benzene rings is 2. The maximum absolute atomic E-state index is 12.9. The van der Waals surface area contributed by atoms with Crippen molar-refractivity contribution in [1.82, 2.24) is 5.32 Å². The molecular formula is C15H12Cl2FNO. The molecule has 0 spiro atoms. The van der Waals surface area contributed by atoms with Crippen molar-refractivity contribution in [3.05, 3.63) is 69.5 Å². The van der Waals surface area contributed by atoms with Gasteiger partial charge >= 0.3 is 0 Å². The van der Waals surface area contributed by atoms with Gasteiger partial charge in [-0.05, 0) is 42.8 Å². The summed E-state index contributed by atoms with van der Waals surface area (Å²) in [6, 6.07) is 10.4. The van der Waals surface area contributed by atoms with Gasteiger partial charge in [-0.2, -0.15) is 0 Å². The minimum absolute atomic E-state index is 0.266. The van der Waals surface area contributed by atoms with Gasteiger partial charge in [-0.3, -0.25) is 4.79 Å². The Labute approximate surface area is 126 Å². The third-order valence-corrected chi connectivity index (χ3v) is 3.46. The molecule has 0 fully saturated rings. The molecule has 1 amide bonds. The first kappa shape index (κ1) is 14.8. The zero-order valence-electron chi connectivity index (χ0n) is 10.7.